The quantitative estimate of drug-likeness (QED) is 0.666. The van der Waals surface area contributed by atoms with Crippen LogP contribution in [0.25, 0.3) is 10.9 Å². The number of nitrogens with zero attached hydrogens (tertiary/aromatic N) is 3. The van der Waals surface area contributed by atoms with Crippen molar-refractivity contribution in [1.82, 2.24) is 19.9 Å². The smallest absolute Gasteiger partial charge is 0.273 e. The van der Waals surface area contributed by atoms with E-state index in [1.54, 1.807) is 28.5 Å². The summed E-state index contributed by atoms with van der Waals surface area (Å²) in [6, 6.07) is 7.13. The molecule has 0 unspecified atom stereocenters. The number of thiazole rings is 1. The number of benzene rings is 1. The van der Waals surface area contributed by atoms with Crippen LogP contribution in [0.2, 0.25) is 0 Å². The Hall–Kier alpha value is -2.29. The third kappa shape index (κ3) is 4.27. The van der Waals surface area contributed by atoms with Crippen molar-refractivity contribution in [3.05, 3.63) is 56.5 Å². The number of hydrogen-bond donors (Lipinski definition) is 2. The molecule has 7 nitrogen and oxygen atoms in total. The number of nitrogens with one attached hydrogen (secondary N) is 1. The maximum atomic E-state index is 12.7. The fourth-order valence-electron chi connectivity index (χ4n) is 2.53. The normalized spacial score (nSPS) is 10.5. The number of carbonyl (C=O) groups is 1. The summed E-state index contributed by atoms with van der Waals surface area (Å²) < 4.78 is 0. The van der Waals surface area contributed by atoms with E-state index in [9.17, 15) is 9.59 Å². The van der Waals surface area contributed by atoms with Crippen molar-refractivity contribution in [3.8, 4) is 0 Å². The number of fused-ring (bicyclic) bond motifs is 1. The Morgan fingerprint density at radius 3 is 2.81 bits per heavy atom. The highest BCUT2D eigenvalue weighted by atomic mass is 35.5. The van der Waals surface area contributed by atoms with Crippen molar-refractivity contribution in [1.29, 1.82) is 0 Å². The zero-order valence-electron chi connectivity index (χ0n) is 14.3. The van der Waals surface area contributed by atoms with Crippen LogP contribution < -0.4 is 11.3 Å². The van der Waals surface area contributed by atoms with Gasteiger partial charge in [-0.25, -0.2) is 9.97 Å². The largest absolute Gasteiger partial charge is 0.330 e. The number of hydrogen-bond acceptors (Lipinski definition) is 6. The van der Waals surface area contributed by atoms with Crippen LogP contribution in [0.15, 0.2) is 34.4 Å². The lowest BCUT2D eigenvalue weighted by Gasteiger charge is -2.19. The van der Waals surface area contributed by atoms with Crippen molar-refractivity contribution in [2.24, 2.45) is 5.73 Å². The van der Waals surface area contributed by atoms with Crippen LogP contribution in [0.3, 0.4) is 0 Å². The van der Waals surface area contributed by atoms with Gasteiger partial charge < -0.3 is 15.6 Å². The van der Waals surface area contributed by atoms with Crippen molar-refractivity contribution < 1.29 is 4.79 Å². The zero-order chi connectivity index (χ0) is 17.8. The maximum Gasteiger partial charge on any atom is 0.273 e. The molecule has 0 fully saturated rings. The lowest BCUT2D eigenvalue weighted by molar-refractivity contribution is 0.0743. The van der Waals surface area contributed by atoms with Crippen molar-refractivity contribution in [2.75, 3.05) is 13.1 Å². The van der Waals surface area contributed by atoms with Crippen LogP contribution in [0.4, 0.5) is 0 Å². The monoisotopic (exact) mass is 393 g/mol. The number of aromatic amines is 1. The molecule has 0 aliphatic heterocycles. The van der Waals surface area contributed by atoms with Gasteiger partial charge in [0.05, 0.1) is 22.5 Å². The number of rotatable bonds is 6. The maximum absolute atomic E-state index is 12.7. The van der Waals surface area contributed by atoms with E-state index in [2.05, 4.69) is 15.0 Å². The molecule has 0 aliphatic rings. The Balaban J connectivity index is 0.00000243. The molecule has 2 heterocycles. The molecule has 1 amide bonds. The molecule has 3 rings (SSSR count). The summed E-state index contributed by atoms with van der Waals surface area (Å²) in [7, 11) is 0. The molecule has 0 saturated carbocycles. The van der Waals surface area contributed by atoms with Gasteiger partial charge in [0.2, 0.25) is 0 Å². The zero-order valence-corrected chi connectivity index (χ0v) is 15.9. The molecule has 26 heavy (non-hydrogen) atoms. The number of nitrogens with two attached hydrogens (primary N) is 1. The minimum atomic E-state index is -0.206. The Kier molecular flexibility index (Phi) is 6.84. The summed E-state index contributed by atoms with van der Waals surface area (Å²) in [6.07, 6.45) is 0.656. The Morgan fingerprint density at radius 1 is 1.31 bits per heavy atom. The highest BCUT2D eigenvalue weighted by Crippen LogP contribution is 2.14. The molecule has 3 aromatic rings. The fraction of sp³-hybridized carbons (Fsp3) is 0.294. The number of H-pyrrole nitrogens is 1. The van der Waals surface area contributed by atoms with Crippen molar-refractivity contribution in [2.45, 2.75) is 19.9 Å². The Morgan fingerprint density at radius 2 is 2.08 bits per heavy atom. The summed E-state index contributed by atoms with van der Waals surface area (Å²) in [5.41, 5.74) is 6.33. The molecule has 3 N–H and O–H groups in total. The number of carbonyl (C=O) groups excluding carboxylic acids is 1. The van der Waals surface area contributed by atoms with Gasteiger partial charge in [-0.3, -0.25) is 9.59 Å². The first-order chi connectivity index (χ1) is 12.1. The summed E-state index contributed by atoms with van der Waals surface area (Å²) in [5.74, 6) is 0.272. The minimum Gasteiger partial charge on any atom is -0.330 e. The van der Waals surface area contributed by atoms with E-state index in [1.165, 1.54) is 11.3 Å². The van der Waals surface area contributed by atoms with E-state index in [0.717, 1.165) is 5.01 Å². The van der Waals surface area contributed by atoms with Crippen LogP contribution in [0.1, 0.15) is 28.2 Å². The lowest BCUT2D eigenvalue weighted by atomic mass is 10.2. The van der Waals surface area contributed by atoms with Gasteiger partial charge in [-0.1, -0.05) is 12.1 Å². The summed E-state index contributed by atoms with van der Waals surface area (Å²) >= 11 is 1.43. The average molecular weight is 394 g/mol. The number of aromatic nitrogens is 3. The molecule has 1 aromatic carbocycles. The fourth-order valence-corrected chi connectivity index (χ4v) is 3.32. The summed E-state index contributed by atoms with van der Waals surface area (Å²) in [5, 5.41) is 3.12. The van der Waals surface area contributed by atoms with Crippen LogP contribution in [0.5, 0.6) is 0 Å². The topological polar surface area (TPSA) is 105 Å². The van der Waals surface area contributed by atoms with Gasteiger partial charge in [-0.2, -0.15) is 0 Å². The Bertz CT molecular complexity index is 955. The van der Waals surface area contributed by atoms with Gasteiger partial charge >= 0.3 is 0 Å². The number of amides is 1. The second kappa shape index (κ2) is 8.88. The molecule has 2 aromatic heterocycles. The van der Waals surface area contributed by atoms with E-state index in [0.29, 0.717) is 41.9 Å². The standard InChI is InChI=1S/C17H19N5O2S.ClH/c1-2-22(17(24)13-10-25-15(20-13)7-8-18)9-14-19-12-6-4-3-5-11(12)16(23)21-14;/h3-6,10H,2,7-9,18H2,1H3,(H,19,21,23);1H. The van der Waals surface area contributed by atoms with Crippen molar-refractivity contribution >= 4 is 40.6 Å². The van der Waals surface area contributed by atoms with E-state index < -0.39 is 0 Å². The predicted octanol–water partition coefficient (Wildman–Crippen LogP) is 1.96. The highest BCUT2D eigenvalue weighted by molar-refractivity contribution is 7.09. The number of halogens is 1. The van der Waals surface area contributed by atoms with Gasteiger partial charge in [-0.15, -0.1) is 23.7 Å². The van der Waals surface area contributed by atoms with Gasteiger partial charge in [0, 0.05) is 18.3 Å². The van der Waals surface area contributed by atoms with Crippen LogP contribution >= 0.6 is 23.7 Å². The summed E-state index contributed by atoms with van der Waals surface area (Å²) in [6.45, 7) is 3.09. The first kappa shape index (κ1) is 20.0. The van der Waals surface area contributed by atoms with Crippen LogP contribution in [0, 0.1) is 0 Å². The average Bonchev–Trinajstić information content (AvgIpc) is 3.08. The third-order valence-corrected chi connectivity index (χ3v) is 4.71. The molecule has 138 valence electrons. The van der Waals surface area contributed by atoms with E-state index in [-0.39, 0.29) is 30.4 Å². The predicted molar refractivity (Wildman–Crippen MR) is 105 cm³/mol. The molecule has 0 saturated heterocycles. The highest BCUT2D eigenvalue weighted by Gasteiger charge is 2.19. The SMILES string of the molecule is CCN(Cc1nc2ccccc2c(=O)[nH]1)C(=O)c1csc(CCN)n1.Cl. The van der Waals surface area contributed by atoms with E-state index in [4.69, 9.17) is 5.73 Å². The minimum absolute atomic E-state index is 0. The van der Waals surface area contributed by atoms with Crippen molar-refractivity contribution in [3.63, 3.8) is 0 Å². The van der Waals surface area contributed by atoms with Gasteiger partial charge in [0.25, 0.3) is 11.5 Å². The molecule has 0 spiro atoms. The van der Waals surface area contributed by atoms with E-state index in [1.807, 2.05) is 13.0 Å². The molecule has 0 bridgehead atoms. The van der Waals surface area contributed by atoms with Crippen LogP contribution in [-0.4, -0.2) is 38.8 Å². The van der Waals surface area contributed by atoms with Crippen LogP contribution in [-0.2, 0) is 13.0 Å². The third-order valence-electron chi connectivity index (χ3n) is 3.80. The first-order valence-corrected chi connectivity index (χ1v) is 8.92. The first-order valence-electron chi connectivity index (χ1n) is 8.04. The summed E-state index contributed by atoms with van der Waals surface area (Å²) in [4.78, 5) is 38.0. The van der Waals surface area contributed by atoms with E-state index >= 15 is 0 Å². The number of para-hydroxylation sites is 1. The Labute approximate surface area is 160 Å². The lowest BCUT2D eigenvalue weighted by Crippen LogP contribution is -2.32. The molecule has 0 radical (unpaired) electrons. The van der Waals surface area contributed by atoms with Gasteiger partial charge in [0.15, 0.2) is 0 Å². The molecule has 0 aliphatic carbocycles. The second-order valence-corrected chi connectivity index (χ2v) is 6.46. The second-order valence-electron chi connectivity index (χ2n) is 5.51. The molecular formula is C17H20ClN5O2S. The van der Waals surface area contributed by atoms with Gasteiger partial charge in [-0.05, 0) is 25.6 Å². The molecular weight excluding hydrogens is 374 g/mol. The van der Waals surface area contributed by atoms with Gasteiger partial charge in [0.1, 0.15) is 11.5 Å². The molecule has 0 atom stereocenters. The molecule has 9 heteroatoms.